The highest BCUT2D eigenvalue weighted by atomic mass is 19.1. The largest absolute Gasteiger partial charge is 0.319 e. The Morgan fingerprint density at radius 2 is 2.17 bits per heavy atom. The van der Waals surface area contributed by atoms with Gasteiger partial charge in [0.25, 0.3) is 0 Å². The first kappa shape index (κ1) is 13.4. The molecule has 1 N–H and O–H groups in total. The van der Waals surface area contributed by atoms with E-state index < -0.39 is 11.6 Å². The monoisotopic (exact) mass is 254 g/mol. The van der Waals surface area contributed by atoms with Gasteiger partial charge < -0.3 is 5.32 Å². The minimum absolute atomic E-state index is 0.255. The summed E-state index contributed by atoms with van der Waals surface area (Å²) in [5, 5.41) is 3.20. The van der Waals surface area contributed by atoms with Gasteiger partial charge in [0.05, 0.1) is 0 Å². The van der Waals surface area contributed by atoms with Crippen LogP contribution >= 0.6 is 0 Å². The fraction of sp³-hybridized carbons (Fsp3) is 0.571. The first-order valence-corrected chi connectivity index (χ1v) is 6.33. The Morgan fingerprint density at radius 1 is 1.39 bits per heavy atom. The molecule has 0 bridgehead atoms. The molecule has 1 aromatic rings. The molecule has 1 aromatic carbocycles. The van der Waals surface area contributed by atoms with Gasteiger partial charge in [0.15, 0.2) is 0 Å². The fourth-order valence-corrected chi connectivity index (χ4v) is 2.72. The van der Waals surface area contributed by atoms with Gasteiger partial charge in [-0.15, -0.1) is 0 Å². The zero-order valence-corrected chi connectivity index (χ0v) is 11.0. The van der Waals surface area contributed by atoms with E-state index in [-0.39, 0.29) is 5.41 Å². The van der Waals surface area contributed by atoms with Gasteiger partial charge in [-0.1, -0.05) is 13.0 Å². The van der Waals surface area contributed by atoms with E-state index >= 15 is 0 Å². The van der Waals surface area contributed by atoms with Gasteiger partial charge in [0.2, 0.25) is 0 Å². The number of nitrogens with one attached hydrogen (secondary N) is 1. The predicted octanol–water partition coefficient (Wildman–Crippen LogP) is 2.40. The molecule has 0 amide bonds. The summed E-state index contributed by atoms with van der Waals surface area (Å²) in [5.74, 6) is -0.963. The molecule has 1 fully saturated rings. The van der Waals surface area contributed by atoms with Crippen molar-refractivity contribution >= 4 is 0 Å². The van der Waals surface area contributed by atoms with Crippen LogP contribution in [0.3, 0.4) is 0 Å². The molecular formula is C14H20F2N2. The Labute approximate surface area is 107 Å². The molecule has 0 radical (unpaired) electrons. The Kier molecular flexibility index (Phi) is 3.97. The van der Waals surface area contributed by atoms with E-state index in [4.69, 9.17) is 0 Å². The SMILES string of the molecule is CNCC1(C)CCN(Cc2ccc(F)cc2F)C1. The quantitative estimate of drug-likeness (QED) is 0.887. The van der Waals surface area contributed by atoms with Crippen LogP contribution in [0.2, 0.25) is 0 Å². The number of rotatable bonds is 4. The summed E-state index contributed by atoms with van der Waals surface area (Å²) in [5.41, 5.74) is 0.829. The number of hydrogen-bond donors (Lipinski definition) is 1. The normalized spacial score (nSPS) is 24.7. The third kappa shape index (κ3) is 3.06. The van der Waals surface area contributed by atoms with E-state index in [9.17, 15) is 8.78 Å². The number of nitrogens with zero attached hydrogens (tertiary/aromatic N) is 1. The van der Waals surface area contributed by atoms with Crippen LogP contribution in [0, 0.1) is 17.0 Å². The van der Waals surface area contributed by atoms with Crippen molar-refractivity contribution in [2.24, 2.45) is 5.41 Å². The van der Waals surface area contributed by atoms with Gasteiger partial charge in [-0.05, 0) is 31.5 Å². The molecule has 2 nitrogen and oxygen atoms in total. The number of hydrogen-bond acceptors (Lipinski definition) is 2. The molecule has 4 heteroatoms. The molecule has 100 valence electrons. The van der Waals surface area contributed by atoms with Crippen LogP contribution in [0.1, 0.15) is 18.9 Å². The molecule has 1 heterocycles. The first-order valence-electron chi connectivity index (χ1n) is 6.33. The van der Waals surface area contributed by atoms with E-state index in [1.807, 2.05) is 7.05 Å². The minimum Gasteiger partial charge on any atom is -0.319 e. The molecule has 1 atom stereocenters. The molecule has 1 aliphatic heterocycles. The lowest BCUT2D eigenvalue weighted by atomic mass is 9.90. The standard InChI is InChI=1S/C14H20F2N2/c1-14(9-17-2)5-6-18(10-14)8-11-3-4-12(15)7-13(11)16/h3-4,7,17H,5-6,8-10H2,1-2H3. The number of likely N-dealkylation sites (tertiary alicyclic amines) is 1. The van der Waals surface area contributed by atoms with Gasteiger partial charge in [-0.2, -0.15) is 0 Å². The average molecular weight is 254 g/mol. The van der Waals surface area contributed by atoms with Crippen molar-refractivity contribution in [2.45, 2.75) is 19.9 Å². The smallest absolute Gasteiger partial charge is 0.130 e. The van der Waals surface area contributed by atoms with Crippen LogP contribution in [0.25, 0.3) is 0 Å². The lowest BCUT2D eigenvalue weighted by Gasteiger charge is -2.24. The van der Waals surface area contributed by atoms with Crippen molar-refractivity contribution < 1.29 is 8.78 Å². The first-order chi connectivity index (χ1) is 8.52. The van der Waals surface area contributed by atoms with Crippen molar-refractivity contribution in [3.63, 3.8) is 0 Å². The van der Waals surface area contributed by atoms with Crippen molar-refractivity contribution in [3.05, 3.63) is 35.4 Å². The molecule has 0 aromatic heterocycles. The molecule has 1 saturated heterocycles. The maximum absolute atomic E-state index is 13.6. The zero-order valence-electron chi connectivity index (χ0n) is 11.0. The van der Waals surface area contributed by atoms with E-state index in [0.717, 1.165) is 32.1 Å². The number of benzene rings is 1. The Balaban J connectivity index is 1.99. The van der Waals surface area contributed by atoms with E-state index in [1.54, 1.807) is 6.07 Å². The molecule has 2 rings (SSSR count). The van der Waals surface area contributed by atoms with Gasteiger partial charge in [0, 0.05) is 31.3 Å². The minimum atomic E-state index is -0.516. The van der Waals surface area contributed by atoms with Crippen LogP contribution in [0.15, 0.2) is 18.2 Å². The van der Waals surface area contributed by atoms with Gasteiger partial charge >= 0.3 is 0 Å². The van der Waals surface area contributed by atoms with Crippen molar-refractivity contribution in [3.8, 4) is 0 Å². The van der Waals surface area contributed by atoms with E-state index in [1.165, 1.54) is 6.07 Å². The summed E-state index contributed by atoms with van der Waals surface area (Å²) in [7, 11) is 1.95. The lowest BCUT2D eigenvalue weighted by Crippen LogP contribution is -2.33. The molecule has 1 unspecified atom stereocenters. The van der Waals surface area contributed by atoms with Crippen molar-refractivity contribution in [1.82, 2.24) is 10.2 Å². The summed E-state index contributed by atoms with van der Waals surface area (Å²) in [6.07, 6.45) is 1.11. The van der Waals surface area contributed by atoms with Crippen LogP contribution < -0.4 is 5.32 Å². The molecule has 0 saturated carbocycles. The van der Waals surface area contributed by atoms with E-state index in [0.29, 0.717) is 12.1 Å². The van der Waals surface area contributed by atoms with Crippen molar-refractivity contribution in [1.29, 1.82) is 0 Å². The predicted molar refractivity (Wildman–Crippen MR) is 68.3 cm³/mol. The van der Waals surface area contributed by atoms with Crippen LogP contribution in [-0.4, -0.2) is 31.6 Å². The van der Waals surface area contributed by atoms with Gasteiger partial charge in [-0.3, -0.25) is 4.90 Å². The van der Waals surface area contributed by atoms with Crippen LogP contribution in [0.5, 0.6) is 0 Å². The highest BCUT2D eigenvalue weighted by Gasteiger charge is 2.33. The molecule has 1 aliphatic rings. The maximum atomic E-state index is 13.6. The summed E-state index contributed by atoms with van der Waals surface area (Å²) in [4.78, 5) is 2.23. The number of halogens is 2. The van der Waals surface area contributed by atoms with Gasteiger partial charge in [0.1, 0.15) is 11.6 Å². The van der Waals surface area contributed by atoms with Crippen LogP contribution in [-0.2, 0) is 6.54 Å². The third-order valence-electron chi connectivity index (χ3n) is 3.65. The maximum Gasteiger partial charge on any atom is 0.130 e. The highest BCUT2D eigenvalue weighted by Crippen LogP contribution is 2.30. The summed E-state index contributed by atoms with van der Waals surface area (Å²) < 4.78 is 26.4. The Bertz CT molecular complexity index is 422. The lowest BCUT2D eigenvalue weighted by molar-refractivity contribution is 0.263. The topological polar surface area (TPSA) is 15.3 Å². The van der Waals surface area contributed by atoms with E-state index in [2.05, 4.69) is 17.1 Å². The molecule has 18 heavy (non-hydrogen) atoms. The fourth-order valence-electron chi connectivity index (χ4n) is 2.72. The summed E-state index contributed by atoms with van der Waals surface area (Å²) in [6, 6.07) is 3.82. The second-order valence-corrected chi connectivity index (χ2v) is 5.54. The third-order valence-corrected chi connectivity index (χ3v) is 3.65. The zero-order chi connectivity index (χ0) is 13.2. The molecular weight excluding hydrogens is 234 g/mol. The van der Waals surface area contributed by atoms with Crippen molar-refractivity contribution in [2.75, 3.05) is 26.7 Å². The molecule has 0 aliphatic carbocycles. The Hall–Kier alpha value is -1.00. The summed E-state index contributed by atoms with van der Waals surface area (Å²) >= 11 is 0. The Morgan fingerprint density at radius 3 is 2.83 bits per heavy atom. The van der Waals surface area contributed by atoms with Crippen LogP contribution in [0.4, 0.5) is 8.78 Å². The average Bonchev–Trinajstić information content (AvgIpc) is 2.65. The highest BCUT2D eigenvalue weighted by molar-refractivity contribution is 5.18. The summed E-state index contributed by atoms with van der Waals surface area (Å²) in [6.45, 7) is 5.69. The second-order valence-electron chi connectivity index (χ2n) is 5.54. The molecule has 0 spiro atoms. The second kappa shape index (κ2) is 5.33. The van der Waals surface area contributed by atoms with Gasteiger partial charge in [-0.25, -0.2) is 8.78 Å².